The number of imide groups is 1. The van der Waals surface area contributed by atoms with Crippen molar-refractivity contribution in [1.29, 1.82) is 0 Å². The number of hydrogen-bond acceptors (Lipinski definition) is 6. The van der Waals surface area contributed by atoms with E-state index in [0.29, 0.717) is 34.0 Å². The van der Waals surface area contributed by atoms with Crippen LogP contribution in [0.5, 0.6) is 5.75 Å². The number of fused-ring (bicyclic) bond motifs is 2. The molecule has 1 N–H and O–H groups in total. The number of ether oxygens (including phenoxy) is 1. The fourth-order valence-corrected chi connectivity index (χ4v) is 5.53. The van der Waals surface area contributed by atoms with Crippen molar-refractivity contribution in [2.45, 2.75) is 19.3 Å². The number of pyridine rings is 1. The molecular formula is C33H27ClN4O5. The molecule has 2 aliphatic rings. The lowest BCUT2D eigenvalue weighted by Crippen LogP contribution is -2.33. The van der Waals surface area contributed by atoms with Crippen LogP contribution in [0.25, 0.3) is 0 Å². The van der Waals surface area contributed by atoms with Gasteiger partial charge in [0.05, 0.1) is 28.8 Å². The van der Waals surface area contributed by atoms with Crippen molar-refractivity contribution >= 4 is 46.7 Å². The average molecular weight is 595 g/mol. The lowest BCUT2D eigenvalue weighted by Gasteiger charge is -2.23. The van der Waals surface area contributed by atoms with Gasteiger partial charge in [0.1, 0.15) is 18.2 Å². The number of anilines is 2. The van der Waals surface area contributed by atoms with Gasteiger partial charge in [-0.25, -0.2) is 4.98 Å². The summed E-state index contributed by atoms with van der Waals surface area (Å²) in [5.41, 5.74) is 3.29. The highest BCUT2D eigenvalue weighted by Gasteiger charge is 2.34. The number of carbonyl (C=O) groups excluding carboxylic acids is 4. The molecule has 216 valence electrons. The molecule has 3 heterocycles. The molecule has 0 bridgehead atoms. The van der Waals surface area contributed by atoms with E-state index in [-0.39, 0.29) is 42.3 Å². The van der Waals surface area contributed by atoms with Gasteiger partial charge in [-0.15, -0.1) is 0 Å². The quantitative estimate of drug-likeness (QED) is 0.277. The number of aryl methyl sites for hydroxylation is 1. The Morgan fingerprint density at radius 1 is 0.907 bits per heavy atom. The Bertz CT molecular complexity index is 1700. The number of hydrogen-bond donors (Lipinski definition) is 1. The third-order valence-corrected chi connectivity index (χ3v) is 7.72. The SMILES string of the molecule is O=C(Nc1ccc(C(=O)N2CCCCc3cc(Cl)ccc32)cn1)c1ccccc1OCCN1C(=O)c2ccccc2C1=O. The summed E-state index contributed by atoms with van der Waals surface area (Å²) in [5.74, 6) is -0.803. The molecule has 0 saturated heterocycles. The van der Waals surface area contributed by atoms with Crippen molar-refractivity contribution in [3.8, 4) is 5.75 Å². The van der Waals surface area contributed by atoms with Gasteiger partial charge in [-0.1, -0.05) is 35.9 Å². The van der Waals surface area contributed by atoms with Crippen LogP contribution < -0.4 is 15.0 Å². The standard InChI is InChI=1S/C33H27ClN4O5/c34-23-13-14-27-21(19-23)7-5-6-16-37(27)31(40)22-12-15-29(35-20-22)36-30(39)26-10-3-4-11-28(26)43-18-17-38-32(41)24-8-1-2-9-25(24)33(38)42/h1-4,8-15,19-20H,5-7,16-18H2,(H,35,36,39). The summed E-state index contributed by atoms with van der Waals surface area (Å²) in [6, 6.07) is 22.1. The molecule has 0 atom stereocenters. The highest BCUT2D eigenvalue weighted by molar-refractivity contribution is 6.30. The molecule has 2 aliphatic heterocycles. The van der Waals surface area contributed by atoms with Crippen molar-refractivity contribution in [1.82, 2.24) is 9.88 Å². The van der Waals surface area contributed by atoms with Crippen LogP contribution in [-0.2, 0) is 6.42 Å². The molecule has 0 fully saturated rings. The van der Waals surface area contributed by atoms with E-state index in [2.05, 4.69) is 10.3 Å². The van der Waals surface area contributed by atoms with Crippen LogP contribution in [0.1, 0.15) is 59.8 Å². The Hall–Kier alpha value is -5.02. The monoisotopic (exact) mass is 594 g/mol. The number of nitrogens with zero attached hydrogens (tertiary/aromatic N) is 3. The smallest absolute Gasteiger partial charge is 0.261 e. The summed E-state index contributed by atoms with van der Waals surface area (Å²) in [5, 5.41) is 3.39. The minimum Gasteiger partial charge on any atom is -0.491 e. The number of amides is 4. The number of halogens is 1. The topological polar surface area (TPSA) is 109 Å². The molecule has 10 heteroatoms. The Morgan fingerprint density at radius 2 is 1.65 bits per heavy atom. The van der Waals surface area contributed by atoms with E-state index in [4.69, 9.17) is 16.3 Å². The second-order valence-corrected chi connectivity index (χ2v) is 10.7. The lowest BCUT2D eigenvalue weighted by atomic mass is 10.1. The number of carbonyl (C=O) groups is 4. The predicted molar refractivity (Wildman–Crippen MR) is 162 cm³/mol. The van der Waals surface area contributed by atoms with Crippen LogP contribution in [-0.4, -0.2) is 53.2 Å². The van der Waals surface area contributed by atoms with Crippen LogP contribution in [0.3, 0.4) is 0 Å². The molecule has 9 nitrogen and oxygen atoms in total. The molecule has 3 aromatic carbocycles. The maximum atomic E-state index is 13.4. The number of rotatable bonds is 7. The maximum Gasteiger partial charge on any atom is 0.261 e. The van der Waals surface area contributed by atoms with Gasteiger partial charge in [-0.05, 0) is 79.4 Å². The Labute approximate surface area is 253 Å². The third-order valence-electron chi connectivity index (χ3n) is 7.49. The van der Waals surface area contributed by atoms with Crippen LogP contribution in [0.2, 0.25) is 5.02 Å². The van der Waals surface area contributed by atoms with Gasteiger partial charge < -0.3 is 15.0 Å². The van der Waals surface area contributed by atoms with Crippen molar-refractivity contribution in [2.24, 2.45) is 0 Å². The first-order chi connectivity index (χ1) is 20.9. The van der Waals surface area contributed by atoms with Gasteiger partial charge in [0.2, 0.25) is 0 Å². The molecule has 1 aromatic heterocycles. The first kappa shape index (κ1) is 28.1. The fraction of sp³-hybridized carbons (Fsp3) is 0.182. The van der Waals surface area contributed by atoms with Gasteiger partial charge >= 0.3 is 0 Å². The molecule has 0 spiro atoms. The van der Waals surface area contributed by atoms with Gasteiger partial charge in [0, 0.05) is 23.5 Å². The molecule has 0 saturated carbocycles. The molecule has 0 radical (unpaired) electrons. The van der Waals surface area contributed by atoms with Gasteiger partial charge in [0.25, 0.3) is 23.6 Å². The molecule has 0 aliphatic carbocycles. The Kier molecular flexibility index (Phi) is 7.89. The third kappa shape index (κ3) is 5.72. The van der Waals surface area contributed by atoms with Crippen molar-refractivity contribution in [2.75, 3.05) is 29.9 Å². The van der Waals surface area contributed by atoms with E-state index in [1.807, 2.05) is 12.1 Å². The van der Waals surface area contributed by atoms with E-state index in [9.17, 15) is 19.2 Å². The minimum absolute atomic E-state index is 0.0106. The number of para-hydroxylation sites is 1. The fourth-order valence-electron chi connectivity index (χ4n) is 5.34. The summed E-state index contributed by atoms with van der Waals surface area (Å²) in [6.07, 6.45) is 4.15. The minimum atomic E-state index is -0.457. The van der Waals surface area contributed by atoms with E-state index in [0.717, 1.165) is 35.4 Å². The van der Waals surface area contributed by atoms with Gasteiger partial charge in [0.15, 0.2) is 0 Å². The number of nitrogens with one attached hydrogen (secondary N) is 1. The molecule has 0 unspecified atom stereocenters. The normalized spacial score (nSPS) is 14.2. The van der Waals surface area contributed by atoms with E-state index in [1.54, 1.807) is 71.6 Å². The highest BCUT2D eigenvalue weighted by Crippen LogP contribution is 2.30. The van der Waals surface area contributed by atoms with E-state index >= 15 is 0 Å². The molecule has 4 amide bonds. The van der Waals surface area contributed by atoms with Crippen LogP contribution in [0.15, 0.2) is 85.1 Å². The summed E-state index contributed by atoms with van der Waals surface area (Å²) in [4.78, 5) is 59.0. The molecular weight excluding hydrogens is 568 g/mol. The Morgan fingerprint density at radius 3 is 2.40 bits per heavy atom. The van der Waals surface area contributed by atoms with Gasteiger partial charge in [-0.2, -0.15) is 0 Å². The van der Waals surface area contributed by atoms with Gasteiger partial charge in [-0.3, -0.25) is 24.1 Å². The van der Waals surface area contributed by atoms with E-state index in [1.165, 1.54) is 6.20 Å². The second kappa shape index (κ2) is 12.1. The molecule has 4 aromatic rings. The van der Waals surface area contributed by atoms with Crippen molar-refractivity contribution in [3.63, 3.8) is 0 Å². The Balaban J connectivity index is 1.10. The van der Waals surface area contributed by atoms with Crippen LogP contribution in [0.4, 0.5) is 11.5 Å². The largest absolute Gasteiger partial charge is 0.491 e. The summed E-state index contributed by atoms with van der Waals surface area (Å²) in [6.45, 7) is 0.639. The van der Waals surface area contributed by atoms with Crippen LogP contribution in [0, 0.1) is 0 Å². The molecule has 6 rings (SSSR count). The summed E-state index contributed by atoms with van der Waals surface area (Å²) >= 11 is 6.18. The highest BCUT2D eigenvalue weighted by atomic mass is 35.5. The zero-order valence-electron chi connectivity index (χ0n) is 23.1. The summed E-state index contributed by atoms with van der Waals surface area (Å²) in [7, 11) is 0. The number of aromatic nitrogens is 1. The zero-order valence-corrected chi connectivity index (χ0v) is 23.8. The lowest BCUT2D eigenvalue weighted by molar-refractivity contribution is 0.0629. The second-order valence-electron chi connectivity index (χ2n) is 10.2. The average Bonchev–Trinajstić information content (AvgIpc) is 3.14. The van der Waals surface area contributed by atoms with E-state index < -0.39 is 5.91 Å². The number of benzene rings is 3. The van der Waals surface area contributed by atoms with Crippen LogP contribution >= 0.6 is 11.6 Å². The first-order valence-electron chi connectivity index (χ1n) is 14.0. The first-order valence-corrected chi connectivity index (χ1v) is 14.3. The zero-order chi connectivity index (χ0) is 29.9. The summed E-state index contributed by atoms with van der Waals surface area (Å²) < 4.78 is 5.83. The van der Waals surface area contributed by atoms with Crippen molar-refractivity contribution in [3.05, 3.63) is 118 Å². The van der Waals surface area contributed by atoms with Crippen molar-refractivity contribution < 1.29 is 23.9 Å². The molecule has 43 heavy (non-hydrogen) atoms. The maximum absolute atomic E-state index is 13.4. The predicted octanol–water partition coefficient (Wildman–Crippen LogP) is 5.65.